The Bertz CT molecular complexity index is 958. The maximum atomic E-state index is 13.0. The Morgan fingerprint density at radius 2 is 1.55 bits per heavy atom. The summed E-state index contributed by atoms with van der Waals surface area (Å²) in [6.07, 6.45) is 0. The Morgan fingerprint density at radius 1 is 0.935 bits per heavy atom. The van der Waals surface area contributed by atoms with E-state index in [9.17, 15) is 9.59 Å². The van der Waals surface area contributed by atoms with Crippen LogP contribution in [0.4, 0.5) is 5.69 Å². The molecule has 0 atom stereocenters. The highest BCUT2D eigenvalue weighted by Crippen LogP contribution is 2.22. The second-order valence-electron chi connectivity index (χ2n) is 8.88. The third-order valence-corrected chi connectivity index (χ3v) is 5.64. The molecule has 1 saturated heterocycles. The van der Waals surface area contributed by atoms with Gasteiger partial charge in [-0.2, -0.15) is 0 Å². The van der Waals surface area contributed by atoms with Crippen LogP contribution in [-0.4, -0.2) is 60.0 Å². The van der Waals surface area contributed by atoms with Crippen LogP contribution < -0.4 is 10.6 Å². The summed E-state index contributed by atoms with van der Waals surface area (Å²) in [6.45, 7) is 9.46. The molecule has 0 aliphatic carbocycles. The number of amides is 2. The first kappa shape index (κ1) is 22.9. The van der Waals surface area contributed by atoms with E-state index in [-0.39, 0.29) is 22.3 Å². The lowest BCUT2D eigenvalue weighted by molar-refractivity contribution is 0.0665. The minimum atomic E-state index is -0.291. The van der Waals surface area contributed by atoms with Gasteiger partial charge in [0.05, 0.1) is 11.3 Å². The van der Waals surface area contributed by atoms with E-state index in [2.05, 4.69) is 43.4 Å². The number of anilines is 1. The number of nitrogens with one attached hydrogen (secondary N) is 2. The minimum Gasteiger partial charge on any atom is -0.336 e. The molecule has 1 heterocycles. The molecule has 2 amide bonds. The molecule has 0 aromatic heterocycles. The van der Waals surface area contributed by atoms with Crippen LogP contribution >= 0.6 is 12.2 Å². The molecule has 0 saturated carbocycles. The predicted octanol–water partition coefficient (Wildman–Crippen LogP) is 3.50. The predicted molar refractivity (Wildman–Crippen MR) is 129 cm³/mol. The van der Waals surface area contributed by atoms with Gasteiger partial charge in [0.25, 0.3) is 11.8 Å². The van der Waals surface area contributed by atoms with Gasteiger partial charge in [0, 0.05) is 31.7 Å². The molecular weight excluding hydrogens is 408 g/mol. The van der Waals surface area contributed by atoms with Crippen molar-refractivity contribution in [3.8, 4) is 0 Å². The van der Waals surface area contributed by atoms with Crippen molar-refractivity contribution in [2.75, 3.05) is 38.5 Å². The summed E-state index contributed by atoms with van der Waals surface area (Å²) in [5, 5.41) is 5.88. The summed E-state index contributed by atoms with van der Waals surface area (Å²) < 4.78 is 0. The van der Waals surface area contributed by atoms with E-state index >= 15 is 0 Å². The van der Waals surface area contributed by atoms with Gasteiger partial charge in [0.1, 0.15) is 0 Å². The van der Waals surface area contributed by atoms with Gasteiger partial charge >= 0.3 is 0 Å². The van der Waals surface area contributed by atoms with E-state index in [1.54, 1.807) is 24.3 Å². The van der Waals surface area contributed by atoms with Gasteiger partial charge < -0.3 is 15.1 Å². The monoisotopic (exact) mass is 438 g/mol. The molecule has 2 aromatic carbocycles. The molecular formula is C24H30N4O2S. The van der Waals surface area contributed by atoms with Crippen molar-refractivity contribution in [3.63, 3.8) is 0 Å². The molecule has 2 N–H and O–H groups in total. The molecule has 1 fully saturated rings. The molecule has 6 nitrogen and oxygen atoms in total. The average Bonchev–Trinajstić information content (AvgIpc) is 2.73. The average molecular weight is 439 g/mol. The largest absolute Gasteiger partial charge is 0.336 e. The van der Waals surface area contributed by atoms with Crippen LogP contribution in [0.5, 0.6) is 0 Å². The van der Waals surface area contributed by atoms with Crippen molar-refractivity contribution in [1.29, 1.82) is 0 Å². The zero-order valence-corrected chi connectivity index (χ0v) is 19.4. The van der Waals surface area contributed by atoms with E-state index in [0.717, 1.165) is 18.7 Å². The van der Waals surface area contributed by atoms with Crippen molar-refractivity contribution >= 4 is 34.8 Å². The summed E-state index contributed by atoms with van der Waals surface area (Å²) in [7, 11) is 2.05. The number of thiocarbonyl (C=S) groups is 1. The van der Waals surface area contributed by atoms with Crippen molar-refractivity contribution in [2.24, 2.45) is 0 Å². The lowest BCUT2D eigenvalue weighted by atomic mass is 9.87. The molecule has 0 spiro atoms. The Kier molecular flexibility index (Phi) is 7.08. The van der Waals surface area contributed by atoms with Gasteiger partial charge in [0.2, 0.25) is 0 Å². The Labute approximate surface area is 189 Å². The summed E-state index contributed by atoms with van der Waals surface area (Å²) >= 11 is 5.34. The summed E-state index contributed by atoms with van der Waals surface area (Å²) in [4.78, 5) is 29.6. The molecule has 0 bridgehead atoms. The van der Waals surface area contributed by atoms with E-state index < -0.39 is 0 Å². The number of nitrogens with zero attached hydrogens (tertiary/aromatic N) is 2. The summed E-state index contributed by atoms with van der Waals surface area (Å²) in [6, 6.07) is 14.7. The van der Waals surface area contributed by atoms with Crippen molar-refractivity contribution < 1.29 is 9.59 Å². The van der Waals surface area contributed by atoms with Gasteiger partial charge in [-0.3, -0.25) is 14.9 Å². The van der Waals surface area contributed by atoms with E-state index in [4.69, 9.17) is 12.2 Å². The first-order chi connectivity index (χ1) is 14.6. The molecule has 31 heavy (non-hydrogen) atoms. The fraction of sp³-hybridized carbons (Fsp3) is 0.375. The van der Waals surface area contributed by atoms with Crippen molar-refractivity contribution in [3.05, 3.63) is 65.2 Å². The first-order valence-electron chi connectivity index (χ1n) is 10.4. The fourth-order valence-corrected chi connectivity index (χ4v) is 3.61. The first-order valence-corrected chi connectivity index (χ1v) is 10.9. The van der Waals surface area contributed by atoms with Gasteiger partial charge in [-0.1, -0.05) is 45.0 Å². The number of rotatable bonds is 3. The van der Waals surface area contributed by atoms with Crippen LogP contribution in [0, 0.1) is 0 Å². The third-order valence-electron chi connectivity index (χ3n) is 5.44. The quantitative estimate of drug-likeness (QED) is 0.718. The lowest BCUT2D eigenvalue weighted by Gasteiger charge is -2.32. The number of hydrogen-bond acceptors (Lipinski definition) is 4. The van der Waals surface area contributed by atoms with Crippen LogP contribution in [-0.2, 0) is 5.41 Å². The molecule has 0 radical (unpaired) electrons. The van der Waals surface area contributed by atoms with Crippen LogP contribution in [0.2, 0.25) is 0 Å². The number of likely N-dealkylation sites (N-methyl/N-ethyl adjacent to an activating group) is 1. The molecule has 1 aliphatic heterocycles. The number of piperazine rings is 1. The standard InChI is InChI=1S/C24H30N4O2S/c1-24(2,3)18-11-9-17(10-12-18)21(29)26-23(31)25-20-8-6-5-7-19(20)22(30)28-15-13-27(4)14-16-28/h5-12H,13-16H2,1-4H3,(H2,25,26,29,31). The molecule has 7 heteroatoms. The molecule has 1 aliphatic rings. The Morgan fingerprint density at radius 3 is 2.16 bits per heavy atom. The highest BCUT2D eigenvalue weighted by atomic mass is 32.1. The number of benzene rings is 2. The highest BCUT2D eigenvalue weighted by molar-refractivity contribution is 7.80. The van der Waals surface area contributed by atoms with E-state index in [0.29, 0.717) is 29.9 Å². The van der Waals surface area contributed by atoms with Crippen LogP contribution in [0.1, 0.15) is 47.1 Å². The third kappa shape index (κ3) is 5.89. The fourth-order valence-electron chi connectivity index (χ4n) is 3.41. The topological polar surface area (TPSA) is 64.7 Å². The zero-order chi connectivity index (χ0) is 22.6. The Hall–Kier alpha value is -2.77. The van der Waals surface area contributed by atoms with E-state index in [1.807, 2.05) is 29.2 Å². The smallest absolute Gasteiger partial charge is 0.257 e. The second-order valence-corrected chi connectivity index (χ2v) is 9.28. The maximum Gasteiger partial charge on any atom is 0.257 e. The van der Waals surface area contributed by atoms with Crippen LogP contribution in [0.15, 0.2) is 48.5 Å². The SMILES string of the molecule is CN1CCN(C(=O)c2ccccc2NC(=S)NC(=O)c2ccc(C(C)(C)C)cc2)CC1. The molecule has 0 unspecified atom stereocenters. The van der Waals surface area contributed by atoms with Crippen LogP contribution in [0.3, 0.4) is 0 Å². The van der Waals surface area contributed by atoms with Crippen LogP contribution in [0.25, 0.3) is 0 Å². The highest BCUT2D eigenvalue weighted by Gasteiger charge is 2.23. The van der Waals surface area contributed by atoms with Gasteiger partial charge in [-0.15, -0.1) is 0 Å². The number of carbonyl (C=O) groups is 2. The Balaban J connectivity index is 1.65. The van der Waals surface area contributed by atoms with Crippen molar-refractivity contribution in [2.45, 2.75) is 26.2 Å². The zero-order valence-electron chi connectivity index (χ0n) is 18.6. The number of hydrogen-bond donors (Lipinski definition) is 2. The second kappa shape index (κ2) is 9.58. The molecule has 3 rings (SSSR count). The summed E-state index contributed by atoms with van der Waals surface area (Å²) in [5.74, 6) is -0.330. The summed E-state index contributed by atoms with van der Waals surface area (Å²) in [5.41, 5.74) is 2.82. The van der Waals surface area contributed by atoms with Gasteiger partial charge in [0.15, 0.2) is 5.11 Å². The minimum absolute atomic E-state index is 0.0197. The van der Waals surface area contributed by atoms with E-state index in [1.165, 1.54) is 0 Å². The lowest BCUT2D eigenvalue weighted by Crippen LogP contribution is -2.47. The molecule has 2 aromatic rings. The van der Waals surface area contributed by atoms with Crippen molar-refractivity contribution in [1.82, 2.24) is 15.1 Å². The number of carbonyl (C=O) groups excluding carboxylic acids is 2. The van der Waals surface area contributed by atoms with Gasteiger partial charge in [-0.25, -0.2) is 0 Å². The maximum absolute atomic E-state index is 13.0. The normalized spacial score (nSPS) is 14.8. The molecule has 164 valence electrons. The number of para-hydroxylation sites is 1. The van der Waals surface area contributed by atoms with Gasteiger partial charge in [-0.05, 0) is 54.5 Å².